The van der Waals surface area contributed by atoms with Gasteiger partial charge < -0.3 is 5.11 Å². The molecule has 0 unspecified atom stereocenters. The predicted molar refractivity (Wildman–Crippen MR) is 57.7 cm³/mol. The predicted octanol–water partition coefficient (Wildman–Crippen LogP) is 2.05. The Balaban J connectivity index is 2.19. The summed E-state index contributed by atoms with van der Waals surface area (Å²) in [6.45, 7) is 0.209. The first-order valence-electron chi connectivity index (χ1n) is 4.10. The van der Waals surface area contributed by atoms with Gasteiger partial charge >= 0.3 is 0 Å². The summed E-state index contributed by atoms with van der Waals surface area (Å²) in [4.78, 5) is 12.2. The summed E-state index contributed by atoms with van der Waals surface area (Å²) in [5.41, 5.74) is 0. The molecule has 4 heteroatoms. The van der Waals surface area contributed by atoms with Crippen LogP contribution in [0.4, 0.5) is 0 Å². The van der Waals surface area contributed by atoms with Gasteiger partial charge in [0.2, 0.25) is 0 Å². The first-order chi connectivity index (χ1) is 6.34. The van der Waals surface area contributed by atoms with Gasteiger partial charge in [0.15, 0.2) is 5.78 Å². The molecule has 1 rings (SSSR count). The molecular weight excluding hydrogens is 204 g/mol. The van der Waals surface area contributed by atoms with E-state index in [1.54, 1.807) is 11.8 Å². The van der Waals surface area contributed by atoms with Crippen LogP contribution in [-0.2, 0) is 0 Å². The largest absolute Gasteiger partial charge is 0.396 e. The third-order valence-corrected chi connectivity index (χ3v) is 3.43. The zero-order valence-electron chi connectivity index (χ0n) is 7.23. The highest BCUT2D eigenvalue weighted by Crippen LogP contribution is 2.13. The van der Waals surface area contributed by atoms with Gasteiger partial charge in [0, 0.05) is 6.61 Å². The molecule has 0 saturated carbocycles. The first kappa shape index (κ1) is 10.8. The van der Waals surface area contributed by atoms with Crippen LogP contribution in [0.25, 0.3) is 0 Å². The quantitative estimate of drug-likeness (QED) is 0.584. The van der Waals surface area contributed by atoms with Crippen molar-refractivity contribution < 1.29 is 9.90 Å². The Morgan fingerprint density at radius 1 is 1.62 bits per heavy atom. The molecule has 0 fully saturated rings. The number of thioether (sulfide) groups is 1. The number of ketones is 1. The molecule has 1 aromatic heterocycles. The van der Waals surface area contributed by atoms with Gasteiger partial charge in [0.05, 0.1) is 10.6 Å². The Labute approximate surface area is 86.0 Å². The van der Waals surface area contributed by atoms with Crippen molar-refractivity contribution in [2.24, 2.45) is 0 Å². The van der Waals surface area contributed by atoms with E-state index >= 15 is 0 Å². The van der Waals surface area contributed by atoms with E-state index in [0.717, 1.165) is 17.1 Å². The van der Waals surface area contributed by atoms with Gasteiger partial charge in [-0.15, -0.1) is 11.3 Å². The normalized spacial score (nSPS) is 10.2. The third kappa shape index (κ3) is 3.93. The van der Waals surface area contributed by atoms with E-state index in [1.165, 1.54) is 11.3 Å². The van der Waals surface area contributed by atoms with E-state index in [2.05, 4.69) is 0 Å². The lowest BCUT2D eigenvalue weighted by Crippen LogP contribution is -2.00. The molecule has 0 radical (unpaired) electrons. The highest BCUT2D eigenvalue weighted by Gasteiger charge is 2.05. The summed E-state index contributed by atoms with van der Waals surface area (Å²) < 4.78 is 0. The van der Waals surface area contributed by atoms with Crippen LogP contribution >= 0.6 is 23.1 Å². The molecular formula is C9H12O2S2. The van der Waals surface area contributed by atoms with E-state index < -0.39 is 0 Å². The van der Waals surface area contributed by atoms with E-state index in [9.17, 15) is 4.79 Å². The Morgan fingerprint density at radius 2 is 2.46 bits per heavy atom. The topological polar surface area (TPSA) is 37.3 Å². The van der Waals surface area contributed by atoms with E-state index in [-0.39, 0.29) is 12.4 Å². The highest BCUT2D eigenvalue weighted by atomic mass is 32.2. The van der Waals surface area contributed by atoms with Crippen molar-refractivity contribution >= 4 is 28.9 Å². The SMILES string of the molecule is O=C(CSCCCO)c1cccs1. The Kier molecular flexibility index (Phi) is 5.12. The minimum Gasteiger partial charge on any atom is -0.396 e. The van der Waals surface area contributed by atoms with Crippen molar-refractivity contribution in [3.05, 3.63) is 22.4 Å². The van der Waals surface area contributed by atoms with Crippen LogP contribution in [0.3, 0.4) is 0 Å². The van der Waals surface area contributed by atoms with Crippen LogP contribution in [0.5, 0.6) is 0 Å². The molecule has 0 amide bonds. The maximum atomic E-state index is 11.4. The standard InChI is InChI=1S/C9H12O2S2/c10-4-2-5-12-7-8(11)9-3-1-6-13-9/h1,3,6,10H,2,4-5,7H2. The fourth-order valence-electron chi connectivity index (χ4n) is 0.840. The van der Waals surface area contributed by atoms with Crippen LogP contribution in [0.1, 0.15) is 16.1 Å². The first-order valence-corrected chi connectivity index (χ1v) is 6.13. The molecule has 1 aromatic rings. The summed E-state index contributed by atoms with van der Waals surface area (Å²) in [6.07, 6.45) is 0.766. The minimum absolute atomic E-state index is 0.193. The fraction of sp³-hybridized carbons (Fsp3) is 0.444. The van der Waals surface area contributed by atoms with Crippen LogP contribution in [0.2, 0.25) is 0 Å². The van der Waals surface area contributed by atoms with Gasteiger partial charge in [0.25, 0.3) is 0 Å². The average molecular weight is 216 g/mol. The third-order valence-electron chi connectivity index (χ3n) is 1.48. The van der Waals surface area contributed by atoms with Crippen LogP contribution in [0.15, 0.2) is 17.5 Å². The molecule has 13 heavy (non-hydrogen) atoms. The second-order valence-corrected chi connectivity index (χ2v) is 4.58. The number of carbonyl (C=O) groups is 1. The lowest BCUT2D eigenvalue weighted by atomic mass is 10.4. The molecule has 1 N–H and O–H groups in total. The number of rotatable bonds is 6. The van der Waals surface area contributed by atoms with E-state index in [0.29, 0.717) is 5.75 Å². The number of carbonyl (C=O) groups excluding carboxylic acids is 1. The van der Waals surface area contributed by atoms with E-state index in [4.69, 9.17) is 5.11 Å². The number of Topliss-reactive ketones (excluding diaryl/α,β-unsaturated/α-hetero) is 1. The number of hydrogen-bond acceptors (Lipinski definition) is 4. The van der Waals surface area contributed by atoms with Gasteiger partial charge in [-0.2, -0.15) is 11.8 Å². The summed E-state index contributed by atoms with van der Waals surface area (Å²) in [7, 11) is 0. The zero-order chi connectivity index (χ0) is 9.52. The van der Waals surface area contributed by atoms with Gasteiger partial charge in [0.1, 0.15) is 0 Å². The van der Waals surface area contributed by atoms with Gasteiger partial charge in [-0.1, -0.05) is 6.07 Å². The second-order valence-electron chi connectivity index (χ2n) is 2.53. The maximum Gasteiger partial charge on any atom is 0.182 e. The number of aliphatic hydroxyl groups is 1. The van der Waals surface area contributed by atoms with Crippen LogP contribution in [-0.4, -0.2) is 29.0 Å². The van der Waals surface area contributed by atoms with Crippen molar-refractivity contribution in [3.8, 4) is 0 Å². The molecule has 0 saturated heterocycles. The van der Waals surface area contributed by atoms with Crippen molar-refractivity contribution in [2.45, 2.75) is 6.42 Å². The molecule has 1 heterocycles. The molecule has 0 aliphatic carbocycles. The molecule has 72 valence electrons. The van der Waals surface area contributed by atoms with Crippen molar-refractivity contribution in [2.75, 3.05) is 18.1 Å². The molecule has 0 aliphatic heterocycles. The summed E-state index contributed by atoms with van der Waals surface area (Å²) >= 11 is 3.06. The van der Waals surface area contributed by atoms with Crippen molar-refractivity contribution in [3.63, 3.8) is 0 Å². The Bertz CT molecular complexity index is 244. The lowest BCUT2D eigenvalue weighted by molar-refractivity contribution is 0.102. The van der Waals surface area contributed by atoms with Gasteiger partial charge in [-0.3, -0.25) is 4.79 Å². The van der Waals surface area contributed by atoms with E-state index in [1.807, 2.05) is 17.5 Å². The molecule has 0 aromatic carbocycles. The monoisotopic (exact) mass is 216 g/mol. The summed E-state index contributed by atoms with van der Waals surface area (Å²) in [5, 5.41) is 10.4. The number of aliphatic hydroxyl groups excluding tert-OH is 1. The maximum absolute atomic E-state index is 11.4. The Hall–Kier alpha value is -0.320. The second kappa shape index (κ2) is 6.18. The molecule has 0 spiro atoms. The lowest BCUT2D eigenvalue weighted by Gasteiger charge is -1.97. The molecule has 2 nitrogen and oxygen atoms in total. The zero-order valence-corrected chi connectivity index (χ0v) is 8.87. The highest BCUT2D eigenvalue weighted by molar-refractivity contribution is 7.99. The molecule has 0 atom stereocenters. The van der Waals surface area contributed by atoms with Crippen LogP contribution < -0.4 is 0 Å². The summed E-state index contributed by atoms with van der Waals surface area (Å²) in [6, 6.07) is 3.73. The smallest absolute Gasteiger partial charge is 0.182 e. The average Bonchev–Trinajstić information content (AvgIpc) is 2.65. The summed E-state index contributed by atoms with van der Waals surface area (Å²) in [5.74, 6) is 1.58. The van der Waals surface area contributed by atoms with Gasteiger partial charge in [-0.05, 0) is 23.6 Å². The number of thiophene rings is 1. The minimum atomic E-state index is 0.193. The van der Waals surface area contributed by atoms with Crippen molar-refractivity contribution in [1.82, 2.24) is 0 Å². The van der Waals surface area contributed by atoms with Gasteiger partial charge in [-0.25, -0.2) is 0 Å². The van der Waals surface area contributed by atoms with Crippen molar-refractivity contribution in [1.29, 1.82) is 0 Å². The molecule has 0 bridgehead atoms. The fourth-order valence-corrected chi connectivity index (χ4v) is 2.41. The van der Waals surface area contributed by atoms with Crippen LogP contribution in [0, 0.1) is 0 Å². The Morgan fingerprint density at radius 3 is 3.08 bits per heavy atom. The molecule has 0 aliphatic rings. The number of hydrogen-bond donors (Lipinski definition) is 1.